The maximum absolute atomic E-state index is 13.3. The molecule has 0 aromatic heterocycles. The summed E-state index contributed by atoms with van der Waals surface area (Å²) < 4.78 is 10.8. The molecule has 0 aliphatic carbocycles. The molecule has 2 heterocycles. The fourth-order valence-electron chi connectivity index (χ4n) is 4.31. The molecule has 2 aromatic carbocycles. The lowest BCUT2D eigenvalue weighted by Crippen LogP contribution is -2.52. The Hall–Kier alpha value is -3.55. The first-order valence-electron chi connectivity index (χ1n) is 11.3. The zero-order chi connectivity index (χ0) is 23.4. The average molecular weight is 452 g/mol. The molecule has 174 valence electrons. The lowest BCUT2D eigenvalue weighted by atomic mass is 9.95. The van der Waals surface area contributed by atoms with Gasteiger partial charge in [0.2, 0.25) is 5.91 Å². The minimum absolute atomic E-state index is 0.0398. The molecule has 2 aliphatic rings. The van der Waals surface area contributed by atoms with Crippen molar-refractivity contribution in [1.82, 2.24) is 4.90 Å². The molecule has 8 heteroatoms. The lowest BCUT2D eigenvalue weighted by molar-refractivity contribution is -0.121. The van der Waals surface area contributed by atoms with Gasteiger partial charge in [0, 0.05) is 19.0 Å². The van der Waals surface area contributed by atoms with Crippen molar-refractivity contribution >= 4 is 29.3 Å². The second-order valence-electron chi connectivity index (χ2n) is 8.30. The van der Waals surface area contributed by atoms with Gasteiger partial charge < -0.3 is 19.7 Å². The Balaban J connectivity index is 1.39. The number of carbonyl (C=O) groups is 3. The molecule has 1 saturated heterocycles. The smallest absolute Gasteiger partial charge is 0.339 e. The number of amides is 3. The summed E-state index contributed by atoms with van der Waals surface area (Å²) in [5.74, 6) is -0.161. The Bertz CT molecular complexity index is 1030. The average Bonchev–Trinajstić information content (AvgIpc) is 2.87. The maximum Gasteiger partial charge on any atom is 0.339 e. The molecule has 2 aromatic rings. The molecule has 8 nitrogen and oxygen atoms in total. The lowest BCUT2D eigenvalue weighted by Gasteiger charge is -2.39. The molecular formula is C25H29N3O5. The zero-order valence-corrected chi connectivity index (χ0v) is 19.0. The number of piperidine rings is 1. The highest BCUT2D eigenvalue weighted by molar-refractivity contribution is 6.02. The fourth-order valence-corrected chi connectivity index (χ4v) is 4.31. The minimum atomic E-state index is -0.498. The molecule has 1 fully saturated rings. The van der Waals surface area contributed by atoms with E-state index in [1.165, 1.54) is 7.11 Å². The molecule has 1 N–H and O–H groups in total. The fraction of sp³-hybridized carbons (Fsp3) is 0.400. The van der Waals surface area contributed by atoms with Crippen molar-refractivity contribution in [2.24, 2.45) is 5.92 Å². The molecule has 0 radical (unpaired) electrons. The van der Waals surface area contributed by atoms with E-state index >= 15 is 0 Å². The molecule has 4 rings (SSSR count). The van der Waals surface area contributed by atoms with E-state index in [1.54, 1.807) is 34.1 Å². The number of fused-ring (bicyclic) bond motifs is 1. The van der Waals surface area contributed by atoms with E-state index in [0.29, 0.717) is 43.7 Å². The van der Waals surface area contributed by atoms with E-state index in [-0.39, 0.29) is 24.0 Å². The van der Waals surface area contributed by atoms with Crippen LogP contribution in [-0.4, -0.2) is 55.7 Å². The molecule has 2 aliphatic heterocycles. The van der Waals surface area contributed by atoms with Gasteiger partial charge in [-0.05, 0) is 43.5 Å². The standard InChI is InChI=1S/C25H29N3O5/c1-3-18-16-28(21-10-6-7-11-22(21)33-18)25(31)27-14-12-17(13-15-27)23(29)26-20-9-5-4-8-19(20)24(30)32-2/h4-11,17-18H,3,12-16H2,1-2H3,(H,26,29)/t18-/m1/s1. The second-order valence-corrected chi connectivity index (χ2v) is 8.30. The van der Waals surface area contributed by atoms with Gasteiger partial charge in [0.05, 0.1) is 30.6 Å². The molecule has 0 spiro atoms. The van der Waals surface area contributed by atoms with Crippen LogP contribution < -0.4 is 15.0 Å². The van der Waals surface area contributed by atoms with Crippen LogP contribution in [0.4, 0.5) is 16.2 Å². The van der Waals surface area contributed by atoms with Gasteiger partial charge in [0.25, 0.3) is 0 Å². The van der Waals surface area contributed by atoms with Gasteiger partial charge >= 0.3 is 12.0 Å². The quantitative estimate of drug-likeness (QED) is 0.712. The Morgan fingerprint density at radius 2 is 1.76 bits per heavy atom. The summed E-state index contributed by atoms with van der Waals surface area (Å²) in [5, 5.41) is 2.86. The minimum Gasteiger partial charge on any atom is -0.486 e. The number of hydrogen-bond acceptors (Lipinski definition) is 5. The van der Waals surface area contributed by atoms with Gasteiger partial charge in [-0.15, -0.1) is 0 Å². The first kappa shape index (κ1) is 22.6. The molecule has 1 atom stereocenters. The molecule has 0 unspecified atom stereocenters. The third kappa shape index (κ3) is 4.79. The first-order valence-corrected chi connectivity index (χ1v) is 11.3. The van der Waals surface area contributed by atoms with Gasteiger partial charge in [-0.25, -0.2) is 9.59 Å². The Kier molecular flexibility index (Phi) is 6.82. The predicted octanol–water partition coefficient (Wildman–Crippen LogP) is 3.92. The zero-order valence-electron chi connectivity index (χ0n) is 19.0. The van der Waals surface area contributed by atoms with Gasteiger partial charge in [-0.1, -0.05) is 31.2 Å². The monoisotopic (exact) mass is 451 g/mol. The van der Waals surface area contributed by atoms with Crippen LogP contribution >= 0.6 is 0 Å². The summed E-state index contributed by atoms with van der Waals surface area (Å²) in [5.41, 5.74) is 1.53. The van der Waals surface area contributed by atoms with Crippen LogP contribution in [0.1, 0.15) is 36.5 Å². The molecule has 33 heavy (non-hydrogen) atoms. The summed E-state index contributed by atoms with van der Waals surface area (Å²) in [6.45, 7) is 3.54. The van der Waals surface area contributed by atoms with Crippen LogP contribution in [0.2, 0.25) is 0 Å². The number of likely N-dealkylation sites (tertiary alicyclic amines) is 1. The van der Waals surface area contributed by atoms with E-state index in [0.717, 1.165) is 17.9 Å². The van der Waals surface area contributed by atoms with Crippen molar-refractivity contribution in [2.45, 2.75) is 32.3 Å². The summed E-state index contributed by atoms with van der Waals surface area (Å²) in [4.78, 5) is 41.8. The predicted molar refractivity (Wildman–Crippen MR) is 125 cm³/mol. The number of anilines is 2. The normalized spacial score (nSPS) is 18.2. The third-order valence-electron chi connectivity index (χ3n) is 6.25. The number of carbonyl (C=O) groups excluding carboxylic acids is 3. The number of esters is 1. The van der Waals surface area contributed by atoms with Crippen LogP contribution in [0.3, 0.4) is 0 Å². The third-order valence-corrected chi connectivity index (χ3v) is 6.25. The maximum atomic E-state index is 13.3. The number of nitrogens with zero attached hydrogens (tertiary/aromatic N) is 2. The van der Waals surface area contributed by atoms with E-state index in [1.807, 2.05) is 31.2 Å². The van der Waals surface area contributed by atoms with Crippen molar-refractivity contribution in [1.29, 1.82) is 0 Å². The van der Waals surface area contributed by atoms with E-state index in [4.69, 9.17) is 9.47 Å². The summed E-state index contributed by atoms with van der Waals surface area (Å²) in [6.07, 6.45) is 1.89. The SMILES string of the molecule is CC[C@@H]1CN(C(=O)N2CCC(C(=O)Nc3ccccc3C(=O)OC)CC2)c2ccccc2O1. The van der Waals surface area contributed by atoms with Crippen LogP contribution in [0.5, 0.6) is 5.75 Å². The number of urea groups is 1. The van der Waals surface area contributed by atoms with E-state index in [9.17, 15) is 14.4 Å². The van der Waals surface area contributed by atoms with Gasteiger partial charge in [-0.2, -0.15) is 0 Å². The van der Waals surface area contributed by atoms with Gasteiger partial charge in [0.1, 0.15) is 11.9 Å². The van der Waals surface area contributed by atoms with Gasteiger partial charge in [0.15, 0.2) is 0 Å². The summed E-state index contributed by atoms with van der Waals surface area (Å²) in [7, 11) is 1.31. The van der Waals surface area contributed by atoms with Crippen molar-refractivity contribution in [3.8, 4) is 5.75 Å². The van der Waals surface area contributed by atoms with E-state index in [2.05, 4.69) is 5.32 Å². The van der Waals surface area contributed by atoms with Crippen molar-refractivity contribution in [3.63, 3.8) is 0 Å². The number of para-hydroxylation sites is 3. The summed E-state index contributed by atoms with van der Waals surface area (Å²) in [6, 6.07) is 14.3. The first-order chi connectivity index (χ1) is 16.0. The molecule has 0 bridgehead atoms. The Morgan fingerprint density at radius 1 is 1.06 bits per heavy atom. The van der Waals surface area contributed by atoms with Gasteiger partial charge in [-0.3, -0.25) is 9.69 Å². The topological polar surface area (TPSA) is 88.2 Å². The second kappa shape index (κ2) is 9.94. The van der Waals surface area contributed by atoms with Crippen molar-refractivity contribution in [2.75, 3.05) is 37.0 Å². The van der Waals surface area contributed by atoms with Crippen LogP contribution in [0.25, 0.3) is 0 Å². The molecular weight excluding hydrogens is 422 g/mol. The molecule has 0 saturated carbocycles. The molecule has 3 amide bonds. The number of ether oxygens (including phenoxy) is 2. The largest absolute Gasteiger partial charge is 0.486 e. The highest BCUT2D eigenvalue weighted by atomic mass is 16.5. The highest BCUT2D eigenvalue weighted by Gasteiger charge is 2.34. The number of methoxy groups -OCH3 is 1. The highest BCUT2D eigenvalue weighted by Crippen LogP contribution is 2.35. The number of rotatable bonds is 4. The van der Waals surface area contributed by atoms with Crippen molar-refractivity contribution < 1.29 is 23.9 Å². The van der Waals surface area contributed by atoms with Crippen LogP contribution in [0, 0.1) is 5.92 Å². The van der Waals surface area contributed by atoms with Crippen LogP contribution in [-0.2, 0) is 9.53 Å². The number of benzene rings is 2. The van der Waals surface area contributed by atoms with Crippen molar-refractivity contribution in [3.05, 3.63) is 54.1 Å². The van der Waals surface area contributed by atoms with Crippen LogP contribution in [0.15, 0.2) is 48.5 Å². The summed E-state index contributed by atoms with van der Waals surface area (Å²) >= 11 is 0. The Labute approximate surface area is 193 Å². The number of hydrogen-bond donors (Lipinski definition) is 1. The Morgan fingerprint density at radius 3 is 2.48 bits per heavy atom. The van der Waals surface area contributed by atoms with E-state index < -0.39 is 5.97 Å². The number of nitrogens with one attached hydrogen (secondary N) is 1.